The minimum Gasteiger partial charge on any atom is -0.481 e. The molecule has 0 spiro atoms. The molecule has 0 saturated heterocycles. The molecule has 130 valence electrons. The van der Waals surface area contributed by atoms with E-state index in [9.17, 15) is 9.59 Å². The molecule has 1 aliphatic rings. The van der Waals surface area contributed by atoms with Gasteiger partial charge in [0, 0.05) is 22.3 Å². The smallest absolute Gasteiger partial charge is 0.265 e. The van der Waals surface area contributed by atoms with E-state index in [1.165, 1.54) is 0 Å². The lowest BCUT2D eigenvalue weighted by Crippen LogP contribution is -2.30. The molecular weight excluding hydrogens is 340 g/mol. The van der Waals surface area contributed by atoms with Gasteiger partial charge in [-0.15, -0.1) is 0 Å². The number of benzene rings is 2. The second kappa shape index (κ2) is 7.57. The molecule has 1 fully saturated rings. The molecule has 1 atom stereocenters. The largest absolute Gasteiger partial charge is 0.481 e. The summed E-state index contributed by atoms with van der Waals surface area (Å²) in [7, 11) is 0. The van der Waals surface area contributed by atoms with E-state index in [0.29, 0.717) is 28.1 Å². The number of ether oxygens (including phenoxy) is 1. The van der Waals surface area contributed by atoms with Crippen molar-refractivity contribution in [3.63, 3.8) is 0 Å². The summed E-state index contributed by atoms with van der Waals surface area (Å²) < 4.78 is 5.58. The zero-order valence-corrected chi connectivity index (χ0v) is 14.5. The molecule has 1 aliphatic carbocycles. The quantitative estimate of drug-likeness (QED) is 0.828. The van der Waals surface area contributed by atoms with Crippen LogP contribution in [0.5, 0.6) is 5.75 Å². The lowest BCUT2D eigenvalue weighted by molar-refractivity contribution is -0.122. The number of anilines is 1. The van der Waals surface area contributed by atoms with Crippen molar-refractivity contribution in [2.24, 2.45) is 0 Å². The van der Waals surface area contributed by atoms with Crippen molar-refractivity contribution in [1.82, 2.24) is 5.32 Å². The zero-order valence-electron chi connectivity index (χ0n) is 13.8. The molecule has 3 rings (SSSR count). The molecule has 2 amide bonds. The van der Waals surface area contributed by atoms with Gasteiger partial charge in [-0.05, 0) is 68.3 Å². The van der Waals surface area contributed by atoms with Crippen molar-refractivity contribution in [2.45, 2.75) is 31.9 Å². The number of rotatable bonds is 6. The van der Waals surface area contributed by atoms with Gasteiger partial charge in [0.1, 0.15) is 5.75 Å². The molecular formula is C19H19ClN2O3. The first-order valence-electron chi connectivity index (χ1n) is 8.15. The zero-order chi connectivity index (χ0) is 17.8. The summed E-state index contributed by atoms with van der Waals surface area (Å²) in [5.74, 6) is 0.212. The van der Waals surface area contributed by atoms with Gasteiger partial charge in [0.2, 0.25) is 0 Å². The van der Waals surface area contributed by atoms with Crippen LogP contribution in [-0.4, -0.2) is 24.0 Å². The van der Waals surface area contributed by atoms with Gasteiger partial charge in [-0.3, -0.25) is 9.59 Å². The van der Waals surface area contributed by atoms with Gasteiger partial charge < -0.3 is 15.4 Å². The van der Waals surface area contributed by atoms with E-state index in [1.54, 1.807) is 55.5 Å². The number of nitrogens with one attached hydrogen (secondary N) is 2. The topological polar surface area (TPSA) is 67.4 Å². The van der Waals surface area contributed by atoms with Gasteiger partial charge in [0.15, 0.2) is 6.10 Å². The van der Waals surface area contributed by atoms with Crippen LogP contribution >= 0.6 is 11.6 Å². The first kappa shape index (κ1) is 17.3. The summed E-state index contributed by atoms with van der Waals surface area (Å²) in [6.07, 6.45) is 1.43. The number of carbonyl (C=O) groups is 2. The number of hydrogen-bond donors (Lipinski definition) is 2. The average Bonchev–Trinajstić information content (AvgIpc) is 3.41. The molecule has 0 radical (unpaired) electrons. The van der Waals surface area contributed by atoms with E-state index < -0.39 is 6.10 Å². The van der Waals surface area contributed by atoms with Crippen molar-refractivity contribution in [3.8, 4) is 5.75 Å². The van der Waals surface area contributed by atoms with Crippen LogP contribution in [0.3, 0.4) is 0 Å². The SMILES string of the molecule is C[C@@H](Oc1ccc(Cl)cc1)C(=O)Nc1ccc(C(=O)NC2CC2)cc1. The molecule has 5 nitrogen and oxygen atoms in total. The second-order valence-corrected chi connectivity index (χ2v) is 6.46. The number of halogens is 1. The lowest BCUT2D eigenvalue weighted by Gasteiger charge is -2.15. The third kappa shape index (κ3) is 4.97. The molecule has 2 aromatic carbocycles. The Kier molecular flexibility index (Phi) is 5.24. The third-order valence-corrected chi connectivity index (χ3v) is 4.07. The van der Waals surface area contributed by atoms with Crippen LogP contribution in [-0.2, 0) is 4.79 Å². The van der Waals surface area contributed by atoms with Gasteiger partial charge in [0.25, 0.3) is 11.8 Å². The highest BCUT2D eigenvalue weighted by molar-refractivity contribution is 6.30. The van der Waals surface area contributed by atoms with Crippen LogP contribution in [0.25, 0.3) is 0 Å². The van der Waals surface area contributed by atoms with Crippen molar-refractivity contribution in [1.29, 1.82) is 0 Å². The standard InChI is InChI=1S/C19H19ClN2O3/c1-12(25-17-10-4-14(20)5-11-17)18(23)21-15-6-2-13(3-7-15)19(24)22-16-8-9-16/h2-7,10-12,16H,8-9H2,1H3,(H,21,23)(H,22,24)/t12-/m1/s1. The Morgan fingerprint density at radius 1 is 1.08 bits per heavy atom. The van der Waals surface area contributed by atoms with E-state index in [2.05, 4.69) is 10.6 Å². The Bertz CT molecular complexity index is 755. The number of hydrogen-bond acceptors (Lipinski definition) is 3. The van der Waals surface area contributed by atoms with Gasteiger partial charge in [-0.25, -0.2) is 0 Å². The van der Waals surface area contributed by atoms with E-state index in [-0.39, 0.29) is 11.8 Å². The summed E-state index contributed by atoms with van der Waals surface area (Å²) in [4.78, 5) is 24.2. The van der Waals surface area contributed by atoms with Crippen LogP contribution < -0.4 is 15.4 Å². The molecule has 25 heavy (non-hydrogen) atoms. The highest BCUT2D eigenvalue weighted by atomic mass is 35.5. The minimum atomic E-state index is -0.668. The predicted octanol–water partition coefficient (Wildman–Crippen LogP) is 3.64. The Morgan fingerprint density at radius 3 is 2.32 bits per heavy atom. The average molecular weight is 359 g/mol. The van der Waals surface area contributed by atoms with Crippen molar-refractivity contribution >= 4 is 29.1 Å². The van der Waals surface area contributed by atoms with Crippen LogP contribution in [0.15, 0.2) is 48.5 Å². The van der Waals surface area contributed by atoms with Crippen LogP contribution in [0, 0.1) is 0 Å². The van der Waals surface area contributed by atoms with E-state index in [4.69, 9.17) is 16.3 Å². The van der Waals surface area contributed by atoms with Crippen molar-refractivity contribution in [2.75, 3.05) is 5.32 Å². The highest BCUT2D eigenvalue weighted by Gasteiger charge is 2.23. The summed E-state index contributed by atoms with van der Waals surface area (Å²) in [5, 5.41) is 6.30. The number of carbonyl (C=O) groups excluding carboxylic acids is 2. The monoisotopic (exact) mass is 358 g/mol. The van der Waals surface area contributed by atoms with Gasteiger partial charge in [-0.2, -0.15) is 0 Å². The summed E-state index contributed by atoms with van der Waals surface area (Å²) >= 11 is 5.82. The fourth-order valence-corrected chi connectivity index (χ4v) is 2.34. The predicted molar refractivity (Wildman–Crippen MR) is 97.1 cm³/mol. The first-order valence-corrected chi connectivity index (χ1v) is 8.53. The Labute approximate surface area is 151 Å². The fourth-order valence-electron chi connectivity index (χ4n) is 2.22. The maximum Gasteiger partial charge on any atom is 0.265 e. The summed E-state index contributed by atoms with van der Waals surface area (Å²) in [6, 6.07) is 13.9. The Hall–Kier alpha value is -2.53. The van der Waals surface area contributed by atoms with Gasteiger partial charge in [0.05, 0.1) is 0 Å². The normalized spacial score (nSPS) is 14.5. The molecule has 0 bridgehead atoms. The van der Waals surface area contributed by atoms with Crippen LogP contribution in [0.4, 0.5) is 5.69 Å². The maximum atomic E-state index is 12.2. The number of amides is 2. The van der Waals surface area contributed by atoms with Gasteiger partial charge >= 0.3 is 0 Å². The highest BCUT2D eigenvalue weighted by Crippen LogP contribution is 2.20. The summed E-state index contributed by atoms with van der Waals surface area (Å²) in [5.41, 5.74) is 1.19. The van der Waals surface area contributed by atoms with Crippen LogP contribution in [0.2, 0.25) is 5.02 Å². The maximum absolute atomic E-state index is 12.2. The van der Waals surface area contributed by atoms with E-state index in [1.807, 2.05) is 0 Å². The molecule has 2 N–H and O–H groups in total. The molecule has 2 aromatic rings. The molecule has 0 heterocycles. The third-order valence-electron chi connectivity index (χ3n) is 3.82. The molecule has 1 saturated carbocycles. The molecule has 0 unspecified atom stereocenters. The second-order valence-electron chi connectivity index (χ2n) is 6.03. The Morgan fingerprint density at radius 2 is 1.72 bits per heavy atom. The molecule has 6 heteroatoms. The lowest BCUT2D eigenvalue weighted by atomic mass is 10.2. The minimum absolute atomic E-state index is 0.0835. The first-order chi connectivity index (χ1) is 12.0. The molecule has 0 aliphatic heterocycles. The van der Waals surface area contributed by atoms with Crippen LogP contribution in [0.1, 0.15) is 30.1 Å². The fraction of sp³-hybridized carbons (Fsp3) is 0.263. The molecule has 0 aromatic heterocycles. The van der Waals surface area contributed by atoms with Gasteiger partial charge in [-0.1, -0.05) is 11.6 Å². The van der Waals surface area contributed by atoms with Crippen molar-refractivity contribution < 1.29 is 14.3 Å². The Balaban J connectivity index is 1.54. The summed E-state index contributed by atoms with van der Waals surface area (Å²) in [6.45, 7) is 1.67. The van der Waals surface area contributed by atoms with E-state index >= 15 is 0 Å². The van der Waals surface area contributed by atoms with E-state index in [0.717, 1.165) is 12.8 Å². The van der Waals surface area contributed by atoms with Crippen molar-refractivity contribution in [3.05, 3.63) is 59.1 Å².